The molecule has 1 amide bonds. The normalized spacial score (nSPS) is 11.3. The third kappa shape index (κ3) is 5.45. The van der Waals surface area contributed by atoms with Crippen LogP contribution in [0.2, 0.25) is 5.15 Å². The zero-order chi connectivity index (χ0) is 25.5. The summed E-state index contributed by atoms with van der Waals surface area (Å²) in [6, 6.07) is 35.0. The van der Waals surface area contributed by atoms with Gasteiger partial charge in [0, 0.05) is 18.4 Å². The van der Waals surface area contributed by atoms with E-state index in [-0.39, 0.29) is 11.1 Å². The van der Waals surface area contributed by atoms with E-state index in [0.29, 0.717) is 17.9 Å². The summed E-state index contributed by atoms with van der Waals surface area (Å²) in [5.41, 5.74) is 4.73. The molecule has 0 fully saturated rings. The zero-order valence-electron chi connectivity index (χ0n) is 20.0. The van der Waals surface area contributed by atoms with Crippen LogP contribution in [0.1, 0.15) is 23.1 Å². The van der Waals surface area contributed by atoms with E-state index in [2.05, 4.69) is 88.2 Å². The first-order valence-electron chi connectivity index (χ1n) is 11.9. The van der Waals surface area contributed by atoms with Gasteiger partial charge in [0.05, 0.1) is 28.5 Å². The molecule has 0 bridgehead atoms. The first-order valence-corrected chi connectivity index (χ1v) is 13.3. The predicted molar refractivity (Wildman–Crippen MR) is 151 cm³/mol. The number of hydrogen-bond donors (Lipinski definition) is 1. The first kappa shape index (κ1) is 24.8. The number of pyridine rings is 1. The van der Waals surface area contributed by atoms with Crippen molar-refractivity contribution in [1.29, 1.82) is 0 Å². The molecule has 0 saturated heterocycles. The number of nitrogens with one attached hydrogen (secondary N) is 1. The van der Waals surface area contributed by atoms with Crippen molar-refractivity contribution < 1.29 is 4.79 Å². The summed E-state index contributed by atoms with van der Waals surface area (Å²) in [6.45, 7) is 0. The van der Waals surface area contributed by atoms with E-state index >= 15 is 0 Å². The second-order valence-corrected chi connectivity index (χ2v) is 10.1. The Labute approximate surface area is 225 Å². The highest BCUT2D eigenvalue weighted by atomic mass is 35.5. The molecule has 184 valence electrons. The maximum atomic E-state index is 13.0. The number of benzene rings is 3. The molecule has 0 aliphatic carbocycles. The van der Waals surface area contributed by atoms with Gasteiger partial charge in [-0.25, -0.2) is 4.68 Å². The number of amides is 1. The summed E-state index contributed by atoms with van der Waals surface area (Å²) in [4.78, 5) is 17.1. The minimum Gasteiger partial charge on any atom is -0.322 e. The molecule has 0 atom stereocenters. The lowest BCUT2D eigenvalue weighted by Gasteiger charge is -2.35. The van der Waals surface area contributed by atoms with Crippen LogP contribution in [0.5, 0.6) is 0 Å². The molecule has 5 rings (SSSR count). The molecule has 1 N–H and O–H groups in total. The number of anilines is 1. The van der Waals surface area contributed by atoms with E-state index in [0.717, 1.165) is 5.69 Å². The van der Waals surface area contributed by atoms with Crippen molar-refractivity contribution in [2.24, 2.45) is 0 Å². The third-order valence-electron chi connectivity index (χ3n) is 6.04. The minimum absolute atomic E-state index is 0.122. The van der Waals surface area contributed by atoms with Gasteiger partial charge in [-0.2, -0.15) is 5.10 Å². The van der Waals surface area contributed by atoms with Crippen molar-refractivity contribution in [3.8, 4) is 5.69 Å². The monoisotopic (exact) mass is 524 g/mol. The van der Waals surface area contributed by atoms with Gasteiger partial charge in [0.25, 0.3) is 0 Å². The van der Waals surface area contributed by atoms with Crippen LogP contribution in [0, 0.1) is 0 Å². The fourth-order valence-electron chi connectivity index (χ4n) is 4.34. The molecule has 3 aromatic carbocycles. The van der Waals surface area contributed by atoms with E-state index in [4.69, 9.17) is 11.6 Å². The van der Waals surface area contributed by atoms with Crippen LogP contribution >= 0.6 is 23.4 Å². The van der Waals surface area contributed by atoms with Crippen LogP contribution in [0.25, 0.3) is 5.69 Å². The molecule has 0 aliphatic rings. The summed E-state index contributed by atoms with van der Waals surface area (Å²) < 4.78 is 1.14. The number of carbonyl (C=O) groups excluding carboxylic acids is 1. The molecule has 0 unspecified atom stereocenters. The van der Waals surface area contributed by atoms with Gasteiger partial charge in [-0.1, -0.05) is 103 Å². The summed E-state index contributed by atoms with van der Waals surface area (Å²) in [5, 5.41) is 7.45. The lowest BCUT2D eigenvalue weighted by atomic mass is 9.84. The van der Waals surface area contributed by atoms with Crippen LogP contribution in [-0.4, -0.2) is 26.4 Å². The number of hydrogen-bond acceptors (Lipinski definition) is 4. The van der Waals surface area contributed by atoms with Gasteiger partial charge >= 0.3 is 0 Å². The highest BCUT2D eigenvalue weighted by Gasteiger charge is 2.36. The van der Waals surface area contributed by atoms with Gasteiger partial charge in [-0.15, -0.1) is 11.8 Å². The van der Waals surface area contributed by atoms with Gasteiger partial charge in [0.1, 0.15) is 0 Å². The molecule has 0 aliphatic heterocycles. The molecule has 37 heavy (non-hydrogen) atoms. The summed E-state index contributed by atoms with van der Waals surface area (Å²) in [7, 11) is 0. The fraction of sp³-hybridized carbons (Fsp3) is 0.100. The van der Waals surface area contributed by atoms with Gasteiger partial charge in [0.2, 0.25) is 5.91 Å². The fourth-order valence-corrected chi connectivity index (χ4v) is 6.02. The van der Waals surface area contributed by atoms with Crippen LogP contribution in [0.3, 0.4) is 0 Å². The molecule has 0 spiro atoms. The van der Waals surface area contributed by atoms with Crippen molar-refractivity contribution in [2.45, 2.75) is 11.2 Å². The largest absolute Gasteiger partial charge is 0.322 e. The standard InChI is InChI=1S/C30H25ClN4OS/c31-29-27(22-35(34-29)26-17-10-19-32-21-26)33-28(36)18-20-37-30(23-11-4-1-5-12-23,24-13-6-2-7-14-24)25-15-8-3-9-16-25/h1-17,19,21-22H,18,20H2,(H,33,36). The first-order chi connectivity index (χ1) is 18.2. The lowest BCUT2D eigenvalue weighted by Crippen LogP contribution is -2.26. The predicted octanol–water partition coefficient (Wildman–Crippen LogP) is 6.97. The highest BCUT2D eigenvalue weighted by molar-refractivity contribution is 8.00. The van der Waals surface area contributed by atoms with Crippen molar-refractivity contribution in [3.05, 3.63) is 144 Å². The Morgan fingerprint density at radius 1 is 0.838 bits per heavy atom. The number of halogens is 1. The molecule has 7 heteroatoms. The van der Waals surface area contributed by atoms with Gasteiger partial charge in [0.15, 0.2) is 5.15 Å². The average molecular weight is 525 g/mol. The number of carbonyl (C=O) groups is 1. The van der Waals surface area contributed by atoms with Gasteiger partial charge in [-0.05, 0) is 28.8 Å². The van der Waals surface area contributed by atoms with Crippen molar-refractivity contribution in [1.82, 2.24) is 14.8 Å². The molecule has 0 radical (unpaired) electrons. The number of nitrogens with zero attached hydrogens (tertiary/aromatic N) is 3. The maximum absolute atomic E-state index is 13.0. The summed E-state index contributed by atoms with van der Waals surface area (Å²) in [5.74, 6) is 0.474. The van der Waals surface area contributed by atoms with E-state index in [1.165, 1.54) is 16.7 Å². The van der Waals surface area contributed by atoms with Crippen molar-refractivity contribution >= 4 is 35.0 Å². The van der Waals surface area contributed by atoms with Crippen LogP contribution < -0.4 is 5.32 Å². The van der Waals surface area contributed by atoms with Crippen LogP contribution in [-0.2, 0) is 9.54 Å². The Hall–Kier alpha value is -3.87. The smallest absolute Gasteiger partial charge is 0.225 e. The molecule has 2 aromatic heterocycles. The average Bonchev–Trinajstić information content (AvgIpc) is 3.33. The SMILES string of the molecule is O=C(CCSC(c1ccccc1)(c1ccccc1)c1ccccc1)Nc1cn(-c2cccnc2)nc1Cl. The van der Waals surface area contributed by atoms with Crippen molar-refractivity contribution in [3.63, 3.8) is 0 Å². The Balaban J connectivity index is 1.38. The molecule has 2 heterocycles. The van der Waals surface area contributed by atoms with Gasteiger partial charge in [-0.3, -0.25) is 9.78 Å². The second kappa shape index (κ2) is 11.5. The van der Waals surface area contributed by atoms with Crippen LogP contribution in [0.4, 0.5) is 5.69 Å². The van der Waals surface area contributed by atoms with E-state index in [9.17, 15) is 4.79 Å². The topological polar surface area (TPSA) is 59.8 Å². The molecule has 0 saturated carbocycles. The number of aromatic nitrogens is 3. The van der Waals surface area contributed by atoms with E-state index < -0.39 is 4.75 Å². The number of thioether (sulfide) groups is 1. The van der Waals surface area contributed by atoms with Crippen LogP contribution in [0.15, 0.2) is 122 Å². The zero-order valence-corrected chi connectivity index (χ0v) is 21.6. The van der Waals surface area contributed by atoms with Crippen molar-refractivity contribution in [2.75, 3.05) is 11.1 Å². The highest BCUT2D eigenvalue weighted by Crippen LogP contribution is 2.48. The molecule has 5 nitrogen and oxygen atoms in total. The quantitative estimate of drug-likeness (QED) is 0.211. The van der Waals surface area contributed by atoms with Gasteiger partial charge < -0.3 is 5.32 Å². The Bertz CT molecular complexity index is 1350. The lowest BCUT2D eigenvalue weighted by molar-refractivity contribution is -0.115. The molecular weight excluding hydrogens is 500 g/mol. The summed E-state index contributed by atoms with van der Waals surface area (Å²) in [6.07, 6.45) is 5.39. The second-order valence-electron chi connectivity index (χ2n) is 8.42. The Kier molecular flexibility index (Phi) is 7.68. The third-order valence-corrected chi connectivity index (χ3v) is 7.87. The maximum Gasteiger partial charge on any atom is 0.225 e. The summed E-state index contributed by atoms with van der Waals surface area (Å²) >= 11 is 8.06. The molecular formula is C30H25ClN4OS. The number of rotatable bonds is 9. The minimum atomic E-state index is -0.465. The van der Waals surface area contributed by atoms with E-state index in [1.807, 2.05) is 30.3 Å². The van der Waals surface area contributed by atoms with E-state index in [1.54, 1.807) is 35.0 Å². The Morgan fingerprint density at radius 2 is 1.41 bits per heavy atom. The molecule has 5 aromatic rings. The Morgan fingerprint density at radius 3 is 1.92 bits per heavy atom.